The van der Waals surface area contributed by atoms with Crippen LogP contribution < -0.4 is 20.4 Å². The summed E-state index contributed by atoms with van der Waals surface area (Å²) >= 11 is 0. The molecule has 5 nitrogen and oxygen atoms in total. The second kappa shape index (κ2) is 13.0. The maximum Gasteiger partial charge on any atom is 0.0628 e. The van der Waals surface area contributed by atoms with Crippen LogP contribution in [0.3, 0.4) is 0 Å². The summed E-state index contributed by atoms with van der Waals surface area (Å²) < 4.78 is 0. The Balaban J connectivity index is 1.29. The zero-order chi connectivity index (χ0) is 28.8. The highest BCUT2D eigenvalue weighted by atomic mass is 15.3. The Bertz CT molecular complexity index is 1400. The molecule has 2 N–H and O–H groups in total. The molecule has 0 bridgehead atoms. The zero-order valence-electron chi connectivity index (χ0n) is 24.9. The monoisotopic (exact) mass is 547 g/mol. The molecule has 0 saturated carbocycles. The average molecular weight is 548 g/mol. The van der Waals surface area contributed by atoms with Crippen molar-refractivity contribution in [2.24, 2.45) is 0 Å². The molecule has 2 heterocycles. The van der Waals surface area contributed by atoms with Crippen LogP contribution in [-0.2, 0) is 0 Å². The summed E-state index contributed by atoms with van der Waals surface area (Å²) in [4.78, 5) is 7.41. The molecule has 0 unspecified atom stereocenters. The minimum atomic E-state index is 0.893. The van der Waals surface area contributed by atoms with Gasteiger partial charge in [-0.15, -0.1) is 0 Å². The van der Waals surface area contributed by atoms with E-state index in [4.69, 9.17) is 0 Å². The third kappa shape index (κ3) is 6.97. The molecule has 5 rings (SSSR count). The Hall–Kier alpha value is -4.12. The number of benzene rings is 3. The van der Waals surface area contributed by atoms with Crippen molar-refractivity contribution in [3.8, 4) is 0 Å². The van der Waals surface area contributed by atoms with E-state index in [0.29, 0.717) is 0 Å². The zero-order valence-corrected chi connectivity index (χ0v) is 24.9. The van der Waals surface area contributed by atoms with Crippen molar-refractivity contribution in [1.29, 1.82) is 0 Å². The van der Waals surface area contributed by atoms with Gasteiger partial charge in [0, 0.05) is 68.6 Å². The van der Waals surface area contributed by atoms with Crippen molar-refractivity contribution in [2.75, 3.05) is 60.9 Å². The largest absolute Gasteiger partial charge is 0.385 e. The number of rotatable bonds is 11. The van der Waals surface area contributed by atoms with E-state index >= 15 is 0 Å². The first-order chi connectivity index (χ1) is 19.9. The lowest BCUT2D eigenvalue weighted by Gasteiger charge is -2.39. The van der Waals surface area contributed by atoms with E-state index in [2.05, 4.69) is 126 Å². The minimum Gasteiger partial charge on any atom is -0.385 e. The molecule has 2 saturated heterocycles. The number of allylic oxidation sites excluding steroid dienone is 1. The van der Waals surface area contributed by atoms with Gasteiger partial charge in [0.15, 0.2) is 0 Å². The molecule has 0 radical (unpaired) electrons. The normalized spacial score (nSPS) is 15.3. The Morgan fingerprint density at radius 1 is 0.780 bits per heavy atom. The van der Waals surface area contributed by atoms with Crippen molar-refractivity contribution in [1.82, 2.24) is 10.2 Å². The molecule has 0 spiro atoms. The lowest BCUT2D eigenvalue weighted by molar-refractivity contribution is 0.386. The van der Waals surface area contributed by atoms with Gasteiger partial charge in [-0.3, -0.25) is 0 Å². The van der Waals surface area contributed by atoms with Crippen LogP contribution >= 0.6 is 0 Å². The number of nitrogens with zero attached hydrogens (tertiary/aromatic N) is 3. The molecule has 214 valence electrons. The van der Waals surface area contributed by atoms with Gasteiger partial charge in [0.1, 0.15) is 0 Å². The highest BCUT2D eigenvalue weighted by Gasteiger charge is 2.21. The van der Waals surface area contributed by atoms with Crippen molar-refractivity contribution in [3.05, 3.63) is 114 Å². The van der Waals surface area contributed by atoms with E-state index in [0.717, 1.165) is 86.9 Å². The molecule has 2 fully saturated rings. The maximum absolute atomic E-state index is 4.40. The molecule has 2 aliphatic heterocycles. The number of nitrogens with one attached hydrogen (secondary N) is 2. The molecular formula is C36H45N5. The van der Waals surface area contributed by atoms with Gasteiger partial charge in [-0.05, 0) is 74.1 Å². The Labute approximate surface area is 246 Å². The van der Waals surface area contributed by atoms with Crippen LogP contribution in [0.4, 0.5) is 17.1 Å². The molecule has 0 amide bonds. The molecule has 0 aliphatic carbocycles. The lowest BCUT2D eigenvalue weighted by atomic mass is 10.1. The van der Waals surface area contributed by atoms with Gasteiger partial charge in [0.25, 0.3) is 0 Å². The first-order valence-electron chi connectivity index (χ1n) is 15.0. The van der Waals surface area contributed by atoms with Gasteiger partial charge < -0.3 is 25.3 Å². The summed E-state index contributed by atoms with van der Waals surface area (Å²) in [5.41, 5.74) is 11.5. The van der Waals surface area contributed by atoms with Gasteiger partial charge in [-0.1, -0.05) is 67.8 Å². The van der Waals surface area contributed by atoms with Gasteiger partial charge in [-0.25, -0.2) is 0 Å². The highest BCUT2D eigenvalue weighted by Crippen LogP contribution is 2.33. The molecule has 5 heteroatoms. The van der Waals surface area contributed by atoms with E-state index in [9.17, 15) is 0 Å². The van der Waals surface area contributed by atoms with Crippen molar-refractivity contribution in [2.45, 2.75) is 33.1 Å². The second-order valence-corrected chi connectivity index (χ2v) is 11.4. The van der Waals surface area contributed by atoms with E-state index in [-0.39, 0.29) is 0 Å². The summed E-state index contributed by atoms with van der Waals surface area (Å²) in [6.45, 7) is 24.3. The van der Waals surface area contributed by atoms with Gasteiger partial charge in [0.05, 0.1) is 11.4 Å². The van der Waals surface area contributed by atoms with Crippen molar-refractivity contribution >= 4 is 28.5 Å². The Morgan fingerprint density at radius 2 is 1.51 bits per heavy atom. The number of likely N-dealkylation sites (tertiary alicyclic amines) is 1. The quantitative estimate of drug-likeness (QED) is 0.247. The van der Waals surface area contributed by atoms with Crippen LogP contribution in [0, 0.1) is 13.8 Å². The topological polar surface area (TPSA) is 33.8 Å². The van der Waals surface area contributed by atoms with E-state index in [1.807, 2.05) is 0 Å². The first-order valence-corrected chi connectivity index (χ1v) is 15.0. The molecular weight excluding hydrogens is 502 g/mol. The van der Waals surface area contributed by atoms with E-state index in [1.165, 1.54) is 34.6 Å². The number of hydrogen-bond acceptors (Lipinski definition) is 5. The average Bonchev–Trinajstić information content (AvgIpc) is 3.40. The number of piperazine rings is 1. The summed E-state index contributed by atoms with van der Waals surface area (Å²) in [6.07, 6.45) is 3.43. The standard InChI is InChI=1S/C36H45N5/c1-27-11-8-14-32(25-27)31(5)38-34-26-33(30(4)37-18-10-20-39-19-9-13-29(39)3)16-17-36(34)41-23-21-40(22-24-41)35-15-7-6-12-28(35)2/h6-8,11-12,14-17,25-26,37-38H,3-5,9-10,13,18-24H2,1-2H3. The predicted molar refractivity (Wildman–Crippen MR) is 177 cm³/mol. The van der Waals surface area contributed by atoms with Crippen molar-refractivity contribution < 1.29 is 0 Å². The SMILES string of the molecule is C=C(NCCCN1CCCC1=C)c1ccc(N2CCN(c3ccccc3C)CC2)c(NC(=C)c2cccc(C)c2)c1. The minimum absolute atomic E-state index is 0.893. The second-order valence-electron chi connectivity index (χ2n) is 11.4. The van der Waals surface area contributed by atoms with Crippen molar-refractivity contribution in [3.63, 3.8) is 0 Å². The fourth-order valence-electron chi connectivity index (χ4n) is 5.94. The van der Waals surface area contributed by atoms with E-state index in [1.54, 1.807) is 0 Å². The van der Waals surface area contributed by atoms with Gasteiger partial charge in [0.2, 0.25) is 0 Å². The molecule has 3 aromatic rings. The number of para-hydroxylation sites is 1. The third-order valence-electron chi connectivity index (χ3n) is 8.36. The fraction of sp³-hybridized carbons (Fsp3) is 0.333. The molecule has 2 aliphatic rings. The van der Waals surface area contributed by atoms with Crippen LogP contribution in [0.5, 0.6) is 0 Å². The highest BCUT2D eigenvalue weighted by molar-refractivity contribution is 5.85. The Morgan fingerprint density at radius 3 is 2.22 bits per heavy atom. The molecule has 0 aromatic heterocycles. The first kappa shape index (κ1) is 28.4. The van der Waals surface area contributed by atoms with Crippen LogP contribution in [-0.4, -0.2) is 50.7 Å². The maximum atomic E-state index is 4.40. The lowest BCUT2D eigenvalue weighted by Crippen LogP contribution is -2.47. The number of anilines is 3. The summed E-state index contributed by atoms with van der Waals surface area (Å²) in [7, 11) is 0. The fourth-order valence-corrected chi connectivity index (χ4v) is 5.94. The summed E-state index contributed by atoms with van der Waals surface area (Å²) in [6, 6.07) is 23.8. The predicted octanol–water partition coefficient (Wildman–Crippen LogP) is 7.27. The third-order valence-corrected chi connectivity index (χ3v) is 8.36. The van der Waals surface area contributed by atoms with Crippen LogP contribution in [0.2, 0.25) is 0 Å². The Kier molecular flexibility index (Phi) is 9.03. The smallest absolute Gasteiger partial charge is 0.0628 e. The molecule has 0 atom stereocenters. The number of hydrogen-bond donors (Lipinski definition) is 2. The van der Waals surface area contributed by atoms with Crippen LogP contribution in [0.25, 0.3) is 11.4 Å². The molecule has 3 aromatic carbocycles. The number of aryl methyl sites for hydroxylation is 2. The molecule has 41 heavy (non-hydrogen) atoms. The van der Waals surface area contributed by atoms with E-state index < -0.39 is 0 Å². The van der Waals surface area contributed by atoms with Crippen LogP contribution in [0.15, 0.2) is 92.2 Å². The van der Waals surface area contributed by atoms with Crippen LogP contribution in [0.1, 0.15) is 41.5 Å². The van der Waals surface area contributed by atoms with Gasteiger partial charge >= 0.3 is 0 Å². The summed E-state index contributed by atoms with van der Waals surface area (Å²) in [5, 5.41) is 7.24. The summed E-state index contributed by atoms with van der Waals surface area (Å²) in [5.74, 6) is 0. The van der Waals surface area contributed by atoms with Gasteiger partial charge in [-0.2, -0.15) is 0 Å².